The molecule has 1 atom stereocenters. The van der Waals surface area contributed by atoms with Gasteiger partial charge in [0.1, 0.15) is 6.04 Å². The number of carbonyl (C=O) groups excluding carboxylic acids is 2. The number of rotatable bonds is 3. The van der Waals surface area contributed by atoms with Crippen LogP contribution in [-0.2, 0) is 9.53 Å². The molecule has 1 heterocycles. The lowest BCUT2D eigenvalue weighted by Crippen LogP contribution is -2.47. The normalized spacial score (nSPS) is 17.3. The summed E-state index contributed by atoms with van der Waals surface area (Å²) in [6.07, 6.45) is 2.15. The fourth-order valence-electron chi connectivity index (χ4n) is 1.70. The molecule has 0 bridgehead atoms. The van der Waals surface area contributed by atoms with Crippen LogP contribution in [0.5, 0.6) is 0 Å². The minimum Gasteiger partial charge on any atom is -0.453 e. The van der Waals surface area contributed by atoms with Gasteiger partial charge in [0.25, 0.3) is 0 Å². The Morgan fingerprint density at radius 3 is 2.47 bits per heavy atom. The SMILES string of the molecule is CCC(NC(=O)OC)C(=O)N1CCCC1. The minimum absolute atomic E-state index is 0.000370. The average molecular weight is 214 g/mol. The second-order valence-electron chi connectivity index (χ2n) is 3.63. The van der Waals surface area contributed by atoms with Crippen molar-refractivity contribution in [2.75, 3.05) is 20.2 Å². The van der Waals surface area contributed by atoms with Crippen LogP contribution in [0.2, 0.25) is 0 Å². The number of hydrogen-bond acceptors (Lipinski definition) is 3. The first kappa shape index (κ1) is 11.8. The molecule has 1 saturated heterocycles. The van der Waals surface area contributed by atoms with Gasteiger partial charge in [-0.15, -0.1) is 0 Å². The van der Waals surface area contributed by atoms with Crippen LogP contribution in [0.1, 0.15) is 26.2 Å². The zero-order valence-electron chi connectivity index (χ0n) is 9.28. The molecule has 0 saturated carbocycles. The largest absolute Gasteiger partial charge is 0.453 e. The maximum atomic E-state index is 11.9. The summed E-state index contributed by atoms with van der Waals surface area (Å²) in [5, 5.41) is 2.54. The molecule has 1 N–H and O–H groups in total. The van der Waals surface area contributed by atoms with Gasteiger partial charge in [-0.2, -0.15) is 0 Å². The van der Waals surface area contributed by atoms with Crippen LogP contribution >= 0.6 is 0 Å². The fraction of sp³-hybridized carbons (Fsp3) is 0.800. The molecule has 1 unspecified atom stereocenters. The molecule has 86 valence electrons. The number of nitrogens with one attached hydrogen (secondary N) is 1. The standard InChI is InChI=1S/C10H18N2O3/c1-3-8(11-10(14)15-2)9(13)12-6-4-5-7-12/h8H,3-7H2,1-2H3,(H,11,14). The third-order valence-electron chi connectivity index (χ3n) is 2.60. The Morgan fingerprint density at radius 1 is 1.40 bits per heavy atom. The van der Waals surface area contributed by atoms with E-state index >= 15 is 0 Å². The molecule has 2 amide bonds. The highest BCUT2D eigenvalue weighted by Gasteiger charge is 2.26. The average Bonchev–Trinajstić information content (AvgIpc) is 2.77. The van der Waals surface area contributed by atoms with Crippen molar-refractivity contribution in [2.24, 2.45) is 0 Å². The van der Waals surface area contributed by atoms with E-state index in [-0.39, 0.29) is 5.91 Å². The second-order valence-corrected chi connectivity index (χ2v) is 3.63. The first-order valence-electron chi connectivity index (χ1n) is 5.32. The molecule has 0 aliphatic carbocycles. The zero-order chi connectivity index (χ0) is 11.3. The Labute approximate surface area is 89.8 Å². The number of ether oxygens (including phenoxy) is 1. The maximum absolute atomic E-state index is 11.9. The molecular formula is C10H18N2O3. The molecule has 0 spiro atoms. The monoisotopic (exact) mass is 214 g/mol. The zero-order valence-corrected chi connectivity index (χ0v) is 9.28. The van der Waals surface area contributed by atoms with Crippen LogP contribution in [0.15, 0.2) is 0 Å². The highest BCUT2D eigenvalue weighted by atomic mass is 16.5. The molecule has 0 aromatic carbocycles. The van der Waals surface area contributed by atoms with Gasteiger partial charge in [0.05, 0.1) is 7.11 Å². The number of hydrogen-bond donors (Lipinski definition) is 1. The number of carbonyl (C=O) groups is 2. The Morgan fingerprint density at radius 2 is 2.00 bits per heavy atom. The third kappa shape index (κ3) is 3.11. The van der Waals surface area contributed by atoms with E-state index in [0.29, 0.717) is 6.42 Å². The molecule has 0 aromatic rings. The van der Waals surface area contributed by atoms with E-state index < -0.39 is 12.1 Å². The van der Waals surface area contributed by atoms with E-state index in [1.807, 2.05) is 6.92 Å². The van der Waals surface area contributed by atoms with Crippen LogP contribution in [-0.4, -0.2) is 43.1 Å². The van der Waals surface area contributed by atoms with Gasteiger partial charge in [-0.25, -0.2) is 4.79 Å². The second kappa shape index (κ2) is 5.58. The van der Waals surface area contributed by atoms with Gasteiger partial charge < -0.3 is 15.0 Å². The van der Waals surface area contributed by atoms with Gasteiger partial charge in [-0.05, 0) is 19.3 Å². The third-order valence-corrected chi connectivity index (χ3v) is 2.60. The van der Waals surface area contributed by atoms with E-state index in [4.69, 9.17) is 0 Å². The van der Waals surface area contributed by atoms with Crippen molar-refractivity contribution >= 4 is 12.0 Å². The number of methoxy groups -OCH3 is 1. The summed E-state index contributed by atoms with van der Waals surface area (Å²) in [5.41, 5.74) is 0. The Kier molecular flexibility index (Phi) is 4.39. The summed E-state index contributed by atoms with van der Waals surface area (Å²) in [7, 11) is 1.29. The minimum atomic E-state index is -0.547. The van der Waals surface area contributed by atoms with Crippen molar-refractivity contribution in [3.8, 4) is 0 Å². The van der Waals surface area contributed by atoms with E-state index in [0.717, 1.165) is 25.9 Å². The van der Waals surface area contributed by atoms with Crippen molar-refractivity contribution in [3.63, 3.8) is 0 Å². The van der Waals surface area contributed by atoms with Crippen molar-refractivity contribution in [2.45, 2.75) is 32.2 Å². The molecule has 5 nitrogen and oxygen atoms in total. The summed E-state index contributed by atoms with van der Waals surface area (Å²) >= 11 is 0. The molecule has 5 heteroatoms. The quantitative estimate of drug-likeness (QED) is 0.754. The van der Waals surface area contributed by atoms with E-state index in [9.17, 15) is 9.59 Å². The van der Waals surface area contributed by atoms with Crippen molar-refractivity contribution < 1.29 is 14.3 Å². The number of likely N-dealkylation sites (tertiary alicyclic amines) is 1. The molecule has 15 heavy (non-hydrogen) atoms. The molecular weight excluding hydrogens is 196 g/mol. The van der Waals surface area contributed by atoms with Gasteiger partial charge in [-0.3, -0.25) is 4.79 Å². The van der Waals surface area contributed by atoms with Gasteiger partial charge in [0, 0.05) is 13.1 Å². The van der Waals surface area contributed by atoms with Crippen LogP contribution in [0, 0.1) is 0 Å². The Balaban J connectivity index is 2.49. The first-order valence-corrected chi connectivity index (χ1v) is 5.32. The van der Waals surface area contributed by atoms with E-state index in [2.05, 4.69) is 10.1 Å². The molecule has 1 aliphatic rings. The lowest BCUT2D eigenvalue weighted by atomic mass is 10.2. The van der Waals surface area contributed by atoms with E-state index in [1.165, 1.54) is 7.11 Å². The topological polar surface area (TPSA) is 58.6 Å². The summed E-state index contributed by atoms with van der Waals surface area (Å²) in [6.45, 7) is 3.48. The lowest BCUT2D eigenvalue weighted by Gasteiger charge is -2.22. The van der Waals surface area contributed by atoms with Crippen LogP contribution in [0.25, 0.3) is 0 Å². The van der Waals surface area contributed by atoms with Crippen LogP contribution in [0.3, 0.4) is 0 Å². The Bertz CT molecular complexity index is 237. The van der Waals surface area contributed by atoms with Gasteiger partial charge in [-0.1, -0.05) is 6.92 Å². The summed E-state index contributed by atoms with van der Waals surface area (Å²) in [5.74, 6) is 0.000370. The molecule has 1 rings (SSSR count). The predicted octanol–water partition coefficient (Wildman–Crippen LogP) is 0.743. The van der Waals surface area contributed by atoms with E-state index in [1.54, 1.807) is 4.90 Å². The molecule has 0 radical (unpaired) electrons. The van der Waals surface area contributed by atoms with Crippen molar-refractivity contribution in [3.05, 3.63) is 0 Å². The van der Waals surface area contributed by atoms with Crippen LogP contribution < -0.4 is 5.32 Å². The number of nitrogens with zero attached hydrogens (tertiary/aromatic N) is 1. The van der Waals surface area contributed by atoms with Crippen LogP contribution in [0.4, 0.5) is 4.79 Å². The number of alkyl carbamates (subject to hydrolysis) is 1. The highest BCUT2D eigenvalue weighted by molar-refractivity contribution is 5.85. The fourth-order valence-corrected chi connectivity index (χ4v) is 1.70. The van der Waals surface area contributed by atoms with Crippen molar-refractivity contribution in [1.29, 1.82) is 0 Å². The lowest BCUT2D eigenvalue weighted by molar-refractivity contribution is -0.132. The first-order chi connectivity index (χ1) is 7.19. The van der Waals surface area contributed by atoms with Gasteiger partial charge >= 0.3 is 6.09 Å². The highest BCUT2D eigenvalue weighted by Crippen LogP contribution is 2.10. The molecule has 1 fully saturated rings. The summed E-state index contributed by atoms with van der Waals surface area (Å²) in [4.78, 5) is 24.7. The van der Waals surface area contributed by atoms with Gasteiger partial charge in [0.15, 0.2) is 0 Å². The van der Waals surface area contributed by atoms with Gasteiger partial charge in [0.2, 0.25) is 5.91 Å². The molecule has 0 aromatic heterocycles. The summed E-state index contributed by atoms with van der Waals surface area (Å²) in [6, 6.07) is -0.449. The number of amides is 2. The smallest absolute Gasteiger partial charge is 0.407 e. The predicted molar refractivity (Wildman–Crippen MR) is 55.4 cm³/mol. The summed E-state index contributed by atoms with van der Waals surface area (Å²) < 4.78 is 4.47. The Hall–Kier alpha value is -1.26. The maximum Gasteiger partial charge on any atom is 0.407 e. The molecule has 1 aliphatic heterocycles. The van der Waals surface area contributed by atoms with Crippen molar-refractivity contribution in [1.82, 2.24) is 10.2 Å².